The molecule has 42 heavy (non-hydrogen) atoms. The highest BCUT2D eigenvalue weighted by Crippen LogP contribution is 2.58. The molecule has 210 valence electrons. The Morgan fingerprint density at radius 3 is 2.02 bits per heavy atom. The van der Waals surface area contributed by atoms with Gasteiger partial charge in [-0.15, -0.1) is 0 Å². The number of fused-ring (bicyclic) bond motifs is 8. The largest absolute Gasteiger partial charge is 0.497 e. The fraction of sp³-hybridized carbons (Fsp3) is 0.189. The molecule has 5 aromatic carbocycles. The van der Waals surface area contributed by atoms with Crippen molar-refractivity contribution in [1.82, 2.24) is 0 Å². The average Bonchev–Trinajstić information content (AvgIpc) is 3.26. The zero-order valence-electron chi connectivity index (χ0n) is 24.2. The van der Waals surface area contributed by atoms with E-state index in [2.05, 4.69) is 38.1 Å². The zero-order valence-corrected chi connectivity index (χ0v) is 24.2. The second-order valence-electron chi connectivity index (χ2n) is 11.4. The molecule has 7 rings (SSSR count). The highest BCUT2D eigenvalue weighted by molar-refractivity contribution is 6.08. The molecule has 5 heteroatoms. The summed E-state index contributed by atoms with van der Waals surface area (Å²) in [6, 6.07) is 27.2. The van der Waals surface area contributed by atoms with Gasteiger partial charge in [0.2, 0.25) is 0 Å². The third-order valence-corrected chi connectivity index (χ3v) is 8.80. The third-order valence-electron chi connectivity index (χ3n) is 8.80. The van der Waals surface area contributed by atoms with Crippen molar-refractivity contribution in [3.05, 3.63) is 125 Å². The van der Waals surface area contributed by atoms with Crippen molar-refractivity contribution in [2.24, 2.45) is 0 Å². The summed E-state index contributed by atoms with van der Waals surface area (Å²) in [6.45, 7) is 4.33. The standard InChI is InChI=1S/C37H31FO4/c1-36(2)32-20-24(38)12-15-30(32)33-28-8-6-7-9-29(28)35-31(34(33)36)16-17-37(42-35,22-10-13-25(39-3)14-11-22)23-18-26(40-4)21-27(19-23)41-5/h6-21H,1-5H3. The molecule has 0 N–H and O–H groups in total. The molecule has 0 spiro atoms. The van der Waals surface area contributed by atoms with E-state index in [1.165, 1.54) is 0 Å². The first-order chi connectivity index (χ1) is 20.3. The van der Waals surface area contributed by atoms with Crippen LogP contribution in [0.1, 0.15) is 41.7 Å². The molecular formula is C37H31FO4. The molecule has 1 heterocycles. The molecule has 2 aliphatic rings. The number of methoxy groups -OCH3 is 3. The molecule has 5 aromatic rings. The second kappa shape index (κ2) is 9.38. The number of rotatable bonds is 5. The topological polar surface area (TPSA) is 36.9 Å². The molecule has 0 fully saturated rings. The first kappa shape index (κ1) is 26.1. The van der Waals surface area contributed by atoms with Gasteiger partial charge in [-0.25, -0.2) is 4.39 Å². The summed E-state index contributed by atoms with van der Waals surface area (Å²) in [5.41, 5.74) is 5.67. The summed E-state index contributed by atoms with van der Waals surface area (Å²) in [5.74, 6) is 2.64. The normalized spacial score (nSPS) is 17.7. The summed E-state index contributed by atoms with van der Waals surface area (Å²) < 4.78 is 38.7. The molecule has 4 nitrogen and oxygen atoms in total. The number of hydrogen-bond donors (Lipinski definition) is 0. The van der Waals surface area contributed by atoms with Gasteiger partial charge in [0, 0.05) is 33.6 Å². The van der Waals surface area contributed by atoms with Crippen LogP contribution in [0.3, 0.4) is 0 Å². The summed E-state index contributed by atoms with van der Waals surface area (Å²) in [5, 5.41) is 2.07. The first-order valence-electron chi connectivity index (χ1n) is 14.0. The van der Waals surface area contributed by atoms with Crippen molar-refractivity contribution in [2.45, 2.75) is 24.9 Å². The van der Waals surface area contributed by atoms with Crippen LogP contribution in [-0.4, -0.2) is 21.3 Å². The van der Waals surface area contributed by atoms with Crippen LogP contribution in [0.4, 0.5) is 4.39 Å². The molecule has 0 aromatic heterocycles. The molecule has 1 atom stereocenters. The van der Waals surface area contributed by atoms with Crippen LogP contribution in [0.15, 0.2) is 91.0 Å². The Bertz CT molecular complexity index is 1880. The van der Waals surface area contributed by atoms with Crippen molar-refractivity contribution >= 4 is 16.8 Å². The minimum atomic E-state index is -1.00. The van der Waals surface area contributed by atoms with Crippen LogP contribution in [0, 0.1) is 5.82 Å². The molecule has 0 radical (unpaired) electrons. The van der Waals surface area contributed by atoms with Gasteiger partial charge in [0.05, 0.1) is 21.3 Å². The number of benzene rings is 5. The van der Waals surface area contributed by atoms with Gasteiger partial charge in [-0.2, -0.15) is 0 Å². The van der Waals surface area contributed by atoms with Crippen LogP contribution < -0.4 is 18.9 Å². The molecule has 0 saturated heterocycles. The maximum Gasteiger partial charge on any atom is 0.178 e. The van der Waals surface area contributed by atoms with Crippen LogP contribution >= 0.6 is 0 Å². The van der Waals surface area contributed by atoms with Crippen molar-refractivity contribution in [1.29, 1.82) is 0 Å². The van der Waals surface area contributed by atoms with Gasteiger partial charge in [-0.05, 0) is 70.1 Å². The van der Waals surface area contributed by atoms with Gasteiger partial charge >= 0.3 is 0 Å². The van der Waals surface area contributed by atoms with E-state index >= 15 is 0 Å². The van der Waals surface area contributed by atoms with Crippen LogP contribution in [0.25, 0.3) is 28.0 Å². The van der Waals surface area contributed by atoms with Crippen molar-refractivity contribution in [2.75, 3.05) is 21.3 Å². The van der Waals surface area contributed by atoms with E-state index in [0.29, 0.717) is 11.5 Å². The monoisotopic (exact) mass is 558 g/mol. The molecule has 0 bridgehead atoms. The van der Waals surface area contributed by atoms with Crippen LogP contribution in [-0.2, 0) is 11.0 Å². The molecular weight excluding hydrogens is 527 g/mol. The van der Waals surface area contributed by atoms with E-state index in [-0.39, 0.29) is 5.82 Å². The van der Waals surface area contributed by atoms with Crippen LogP contribution in [0.2, 0.25) is 0 Å². The summed E-state index contributed by atoms with van der Waals surface area (Å²) >= 11 is 0. The number of halogens is 1. The average molecular weight is 559 g/mol. The van der Waals surface area contributed by atoms with Gasteiger partial charge in [-0.3, -0.25) is 0 Å². The summed E-state index contributed by atoms with van der Waals surface area (Å²) in [6.07, 6.45) is 4.28. The smallest absolute Gasteiger partial charge is 0.178 e. The molecule has 0 amide bonds. The predicted octanol–water partition coefficient (Wildman–Crippen LogP) is 8.66. The van der Waals surface area contributed by atoms with Gasteiger partial charge in [0.15, 0.2) is 5.60 Å². The lowest BCUT2D eigenvalue weighted by molar-refractivity contribution is 0.162. The lowest BCUT2D eigenvalue weighted by atomic mass is 9.76. The van der Waals surface area contributed by atoms with E-state index in [1.54, 1.807) is 33.5 Å². The molecule has 1 unspecified atom stereocenters. The third kappa shape index (κ3) is 3.66. The van der Waals surface area contributed by atoms with Crippen molar-refractivity contribution < 1.29 is 23.3 Å². The van der Waals surface area contributed by atoms with Crippen LogP contribution in [0.5, 0.6) is 23.0 Å². The quantitative estimate of drug-likeness (QED) is 0.216. The first-order valence-corrected chi connectivity index (χ1v) is 14.0. The maximum absolute atomic E-state index is 14.6. The van der Waals surface area contributed by atoms with Gasteiger partial charge in [0.1, 0.15) is 28.8 Å². The Hall–Kier alpha value is -4.77. The number of hydrogen-bond acceptors (Lipinski definition) is 4. The minimum absolute atomic E-state index is 0.231. The lowest BCUT2D eigenvalue weighted by Crippen LogP contribution is -2.35. The fourth-order valence-corrected chi connectivity index (χ4v) is 6.74. The van der Waals surface area contributed by atoms with Crippen molar-refractivity contribution in [3.8, 4) is 34.1 Å². The van der Waals surface area contributed by atoms with E-state index in [4.69, 9.17) is 18.9 Å². The Kier molecular flexibility index (Phi) is 5.84. The minimum Gasteiger partial charge on any atom is -0.497 e. The lowest BCUT2D eigenvalue weighted by Gasteiger charge is -2.38. The Morgan fingerprint density at radius 1 is 0.690 bits per heavy atom. The fourth-order valence-electron chi connectivity index (χ4n) is 6.74. The Labute approximate surface area is 244 Å². The molecule has 1 aliphatic carbocycles. The van der Waals surface area contributed by atoms with E-state index in [1.807, 2.05) is 60.7 Å². The predicted molar refractivity (Wildman–Crippen MR) is 164 cm³/mol. The highest BCUT2D eigenvalue weighted by atomic mass is 19.1. The maximum atomic E-state index is 14.6. The number of ether oxygens (including phenoxy) is 4. The van der Waals surface area contributed by atoms with Gasteiger partial charge < -0.3 is 18.9 Å². The van der Waals surface area contributed by atoms with E-state index in [9.17, 15) is 4.39 Å². The van der Waals surface area contributed by atoms with Crippen molar-refractivity contribution in [3.63, 3.8) is 0 Å². The molecule has 0 saturated carbocycles. The molecule has 1 aliphatic heterocycles. The summed E-state index contributed by atoms with van der Waals surface area (Å²) in [4.78, 5) is 0. The van der Waals surface area contributed by atoms with Gasteiger partial charge in [-0.1, -0.05) is 62.4 Å². The Morgan fingerprint density at radius 2 is 1.36 bits per heavy atom. The van der Waals surface area contributed by atoms with E-state index < -0.39 is 11.0 Å². The highest BCUT2D eigenvalue weighted by Gasteiger charge is 2.44. The summed E-state index contributed by atoms with van der Waals surface area (Å²) in [7, 11) is 4.94. The zero-order chi connectivity index (χ0) is 29.2. The SMILES string of the molecule is COc1ccc(C2(c3cc(OC)cc(OC)c3)C=Cc3c4c(c5ccccc5c3O2)-c2ccc(F)cc2C4(C)C)cc1. The Balaban J connectivity index is 1.54. The van der Waals surface area contributed by atoms with E-state index in [0.717, 1.165) is 61.2 Å². The second-order valence-corrected chi connectivity index (χ2v) is 11.4. The van der Waals surface area contributed by atoms with Gasteiger partial charge in [0.25, 0.3) is 0 Å².